The van der Waals surface area contributed by atoms with E-state index in [0.29, 0.717) is 5.92 Å². The molecule has 0 spiro atoms. The first-order valence-corrected chi connectivity index (χ1v) is 6.67. The predicted octanol–water partition coefficient (Wildman–Crippen LogP) is 1.93. The molecule has 0 fully saturated rings. The Morgan fingerprint density at radius 2 is 2.16 bits per heavy atom. The Balaban J connectivity index is 1.84. The first kappa shape index (κ1) is 12.1. The van der Waals surface area contributed by atoms with Crippen LogP contribution in [0, 0.1) is 0 Å². The van der Waals surface area contributed by atoms with Gasteiger partial charge in [0.1, 0.15) is 0 Å². The Bertz CT molecular complexity index is 541. The van der Waals surface area contributed by atoms with Crippen LogP contribution in [-0.2, 0) is 6.54 Å². The van der Waals surface area contributed by atoms with E-state index in [1.807, 2.05) is 6.20 Å². The van der Waals surface area contributed by atoms with Gasteiger partial charge in [-0.1, -0.05) is 18.2 Å². The number of fused-ring (bicyclic) bond motifs is 1. The van der Waals surface area contributed by atoms with Crippen molar-refractivity contribution in [3.63, 3.8) is 0 Å². The van der Waals surface area contributed by atoms with E-state index in [0.717, 1.165) is 31.7 Å². The Morgan fingerprint density at radius 1 is 1.26 bits per heavy atom. The third kappa shape index (κ3) is 2.44. The van der Waals surface area contributed by atoms with Crippen LogP contribution >= 0.6 is 0 Å². The Morgan fingerprint density at radius 3 is 2.95 bits per heavy atom. The quantitative estimate of drug-likeness (QED) is 0.905. The lowest BCUT2D eigenvalue weighted by Crippen LogP contribution is -2.22. The van der Waals surface area contributed by atoms with Crippen LogP contribution < -0.4 is 10.6 Å². The fourth-order valence-corrected chi connectivity index (χ4v) is 2.79. The number of anilines is 1. The van der Waals surface area contributed by atoms with Crippen LogP contribution in [0.3, 0.4) is 0 Å². The van der Waals surface area contributed by atoms with Gasteiger partial charge in [-0.25, -0.2) is 0 Å². The van der Waals surface area contributed by atoms with Crippen LogP contribution in [0.15, 0.2) is 42.9 Å². The van der Waals surface area contributed by atoms with E-state index in [1.54, 1.807) is 12.4 Å². The number of para-hydroxylation sites is 1. The van der Waals surface area contributed by atoms with Crippen molar-refractivity contribution in [1.29, 1.82) is 0 Å². The van der Waals surface area contributed by atoms with Crippen molar-refractivity contribution in [1.82, 2.24) is 9.97 Å². The van der Waals surface area contributed by atoms with Gasteiger partial charge in [-0.05, 0) is 24.6 Å². The fraction of sp³-hybridized carbons (Fsp3) is 0.333. The summed E-state index contributed by atoms with van der Waals surface area (Å²) in [7, 11) is 0. The number of rotatable bonds is 4. The molecule has 1 aliphatic rings. The molecule has 2 heterocycles. The molecule has 1 aromatic heterocycles. The normalized spacial score (nSPS) is 17.5. The minimum atomic E-state index is 0.540. The summed E-state index contributed by atoms with van der Waals surface area (Å²) in [6, 6.07) is 8.59. The second-order valence-electron chi connectivity index (χ2n) is 4.91. The van der Waals surface area contributed by atoms with Crippen molar-refractivity contribution in [2.75, 3.05) is 18.0 Å². The van der Waals surface area contributed by atoms with Gasteiger partial charge in [0, 0.05) is 30.5 Å². The van der Waals surface area contributed by atoms with E-state index in [-0.39, 0.29) is 0 Å². The largest absolute Gasteiger partial charge is 0.365 e. The van der Waals surface area contributed by atoms with Crippen LogP contribution in [-0.4, -0.2) is 23.1 Å². The number of aromatic nitrogens is 2. The highest BCUT2D eigenvalue weighted by molar-refractivity contribution is 5.60. The smallest absolute Gasteiger partial charge is 0.0779 e. The lowest BCUT2D eigenvalue weighted by molar-refractivity contribution is 0.641. The van der Waals surface area contributed by atoms with Crippen LogP contribution in [0.4, 0.5) is 5.69 Å². The monoisotopic (exact) mass is 254 g/mol. The minimum Gasteiger partial charge on any atom is -0.365 e. The van der Waals surface area contributed by atoms with Crippen molar-refractivity contribution in [3.8, 4) is 0 Å². The molecule has 3 rings (SSSR count). The SMILES string of the molecule is NCCC1CN(Cc2cnccn2)c2ccccc21. The molecule has 1 aliphatic heterocycles. The van der Waals surface area contributed by atoms with E-state index < -0.39 is 0 Å². The van der Waals surface area contributed by atoms with Crippen LogP contribution in [0.2, 0.25) is 0 Å². The molecule has 0 radical (unpaired) electrons. The van der Waals surface area contributed by atoms with Crippen molar-refractivity contribution in [3.05, 3.63) is 54.1 Å². The van der Waals surface area contributed by atoms with E-state index >= 15 is 0 Å². The minimum absolute atomic E-state index is 0.540. The summed E-state index contributed by atoms with van der Waals surface area (Å²) in [5.41, 5.74) is 9.45. The lowest BCUT2D eigenvalue weighted by atomic mass is 9.98. The molecule has 0 saturated carbocycles. The van der Waals surface area contributed by atoms with Crippen molar-refractivity contribution in [2.24, 2.45) is 5.73 Å². The molecule has 4 heteroatoms. The Hall–Kier alpha value is -1.94. The first-order valence-electron chi connectivity index (χ1n) is 6.67. The molecule has 1 unspecified atom stereocenters. The summed E-state index contributed by atoms with van der Waals surface area (Å²) in [6.45, 7) is 2.57. The summed E-state index contributed by atoms with van der Waals surface area (Å²) in [5.74, 6) is 0.540. The highest BCUT2D eigenvalue weighted by Crippen LogP contribution is 2.38. The molecular formula is C15H18N4. The number of benzene rings is 1. The van der Waals surface area contributed by atoms with Gasteiger partial charge in [0.2, 0.25) is 0 Å². The maximum Gasteiger partial charge on any atom is 0.0779 e. The molecule has 4 nitrogen and oxygen atoms in total. The second-order valence-corrected chi connectivity index (χ2v) is 4.91. The summed E-state index contributed by atoms with van der Waals surface area (Å²) < 4.78 is 0. The molecule has 0 saturated heterocycles. The van der Waals surface area contributed by atoms with E-state index in [9.17, 15) is 0 Å². The van der Waals surface area contributed by atoms with Gasteiger partial charge in [-0.2, -0.15) is 0 Å². The topological polar surface area (TPSA) is 55.0 Å². The maximum atomic E-state index is 5.72. The zero-order valence-corrected chi connectivity index (χ0v) is 10.9. The molecule has 2 aromatic rings. The zero-order valence-electron chi connectivity index (χ0n) is 10.9. The molecule has 19 heavy (non-hydrogen) atoms. The number of hydrogen-bond donors (Lipinski definition) is 1. The average molecular weight is 254 g/mol. The standard InChI is InChI=1S/C15H18N4/c16-6-5-12-10-19(11-13-9-17-7-8-18-13)15-4-2-1-3-14(12)15/h1-4,7-9,12H,5-6,10-11,16H2. The zero-order chi connectivity index (χ0) is 13.1. The van der Waals surface area contributed by atoms with Gasteiger partial charge in [-0.3, -0.25) is 9.97 Å². The maximum absolute atomic E-state index is 5.72. The van der Waals surface area contributed by atoms with Gasteiger partial charge in [-0.15, -0.1) is 0 Å². The number of hydrogen-bond acceptors (Lipinski definition) is 4. The van der Waals surface area contributed by atoms with Crippen LogP contribution in [0.5, 0.6) is 0 Å². The molecular weight excluding hydrogens is 236 g/mol. The second kappa shape index (κ2) is 5.36. The predicted molar refractivity (Wildman–Crippen MR) is 75.9 cm³/mol. The van der Waals surface area contributed by atoms with Crippen LogP contribution in [0.25, 0.3) is 0 Å². The summed E-state index contributed by atoms with van der Waals surface area (Å²) >= 11 is 0. The third-order valence-electron chi connectivity index (χ3n) is 3.64. The van der Waals surface area contributed by atoms with E-state index in [4.69, 9.17) is 5.73 Å². The van der Waals surface area contributed by atoms with Gasteiger partial charge in [0.25, 0.3) is 0 Å². The van der Waals surface area contributed by atoms with Crippen molar-refractivity contribution >= 4 is 5.69 Å². The molecule has 1 atom stereocenters. The van der Waals surface area contributed by atoms with E-state index in [1.165, 1.54) is 11.3 Å². The molecule has 98 valence electrons. The first-order chi connectivity index (χ1) is 9.38. The van der Waals surface area contributed by atoms with E-state index in [2.05, 4.69) is 39.1 Å². The average Bonchev–Trinajstić information content (AvgIpc) is 2.79. The van der Waals surface area contributed by atoms with Crippen LogP contribution in [0.1, 0.15) is 23.6 Å². The molecule has 0 bridgehead atoms. The van der Waals surface area contributed by atoms with Gasteiger partial charge < -0.3 is 10.6 Å². The van der Waals surface area contributed by atoms with Gasteiger partial charge >= 0.3 is 0 Å². The molecule has 0 amide bonds. The van der Waals surface area contributed by atoms with Gasteiger partial charge in [0.15, 0.2) is 0 Å². The highest BCUT2D eigenvalue weighted by atomic mass is 15.2. The van der Waals surface area contributed by atoms with Crippen molar-refractivity contribution < 1.29 is 0 Å². The Kier molecular flexibility index (Phi) is 3.42. The van der Waals surface area contributed by atoms with Crippen molar-refractivity contribution in [2.45, 2.75) is 18.9 Å². The summed E-state index contributed by atoms with van der Waals surface area (Å²) in [4.78, 5) is 10.9. The lowest BCUT2D eigenvalue weighted by Gasteiger charge is -2.19. The summed E-state index contributed by atoms with van der Waals surface area (Å²) in [6.07, 6.45) is 6.32. The molecule has 2 N–H and O–H groups in total. The summed E-state index contributed by atoms with van der Waals surface area (Å²) in [5, 5.41) is 0. The molecule has 0 aliphatic carbocycles. The molecule has 1 aromatic carbocycles. The van der Waals surface area contributed by atoms with Gasteiger partial charge in [0.05, 0.1) is 18.4 Å². The fourth-order valence-electron chi connectivity index (χ4n) is 2.79. The highest BCUT2D eigenvalue weighted by Gasteiger charge is 2.27. The Labute approximate surface area is 113 Å². The number of nitrogens with two attached hydrogens (primary N) is 1. The third-order valence-corrected chi connectivity index (χ3v) is 3.64. The number of nitrogens with zero attached hydrogens (tertiary/aromatic N) is 3.